The molecule has 1 unspecified atom stereocenters. The molecule has 1 aromatic rings. The molecule has 0 radical (unpaired) electrons. The summed E-state index contributed by atoms with van der Waals surface area (Å²) >= 11 is 0. The van der Waals surface area contributed by atoms with Crippen LogP contribution in [-0.4, -0.2) is 57.3 Å². The largest absolute Gasteiger partial charge is 0.340 e. The molecule has 146 valence electrons. The average molecular weight is 380 g/mol. The number of nitriles is 1. The summed E-state index contributed by atoms with van der Waals surface area (Å²) in [6, 6.07) is 0.172. The number of imidazole rings is 1. The number of allylic oxidation sites excluding steroid dienone is 3. The quantitative estimate of drug-likeness (QED) is 0.800. The van der Waals surface area contributed by atoms with Crippen LogP contribution in [0, 0.1) is 23.3 Å². The van der Waals surface area contributed by atoms with Crippen LogP contribution in [-0.2, 0) is 9.59 Å². The van der Waals surface area contributed by atoms with Crippen molar-refractivity contribution < 1.29 is 9.59 Å². The van der Waals surface area contributed by atoms with E-state index in [4.69, 9.17) is 5.26 Å². The van der Waals surface area contributed by atoms with Gasteiger partial charge in [0.25, 0.3) is 0 Å². The highest BCUT2D eigenvalue weighted by Gasteiger charge is 2.31. The van der Waals surface area contributed by atoms with Crippen molar-refractivity contribution in [1.29, 1.82) is 5.26 Å². The summed E-state index contributed by atoms with van der Waals surface area (Å²) in [4.78, 5) is 32.8. The Bertz CT molecular complexity index is 851. The number of likely N-dealkylation sites (tertiary alicyclic amines) is 2. The van der Waals surface area contributed by atoms with E-state index >= 15 is 0 Å². The normalized spacial score (nSPS) is 26.5. The summed E-state index contributed by atoms with van der Waals surface area (Å²) in [6.45, 7) is 2.49. The van der Waals surface area contributed by atoms with Crippen molar-refractivity contribution in [2.45, 2.75) is 25.3 Å². The van der Waals surface area contributed by atoms with Gasteiger partial charge in [-0.3, -0.25) is 9.59 Å². The van der Waals surface area contributed by atoms with E-state index in [1.807, 2.05) is 40.0 Å². The molecule has 8 heteroatoms. The monoisotopic (exact) mass is 380 g/mol. The van der Waals surface area contributed by atoms with Gasteiger partial charge in [-0.2, -0.15) is 5.26 Å². The molecule has 1 aromatic heterocycles. The maximum Gasteiger partial charge on any atom is 0.230 e. The molecule has 0 bridgehead atoms. The standard InChI is InChI=1S/C20H24N6O2/c21-13-24-8-6-16(10-24)19(27)23-18-12-26(14-22-18)17-7-9-25(11-17)20(28)15-4-2-1-3-5-15/h1-4,12,14-17H,5-11H2,(H,23,27)/t15?,16-,17-/m0/s1. The number of carbonyl (C=O) groups is 2. The number of rotatable bonds is 4. The second-order valence-corrected chi connectivity index (χ2v) is 7.61. The zero-order valence-corrected chi connectivity index (χ0v) is 15.7. The highest BCUT2D eigenvalue weighted by molar-refractivity contribution is 5.92. The lowest BCUT2D eigenvalue weighted by Crippen LogP contribution is -2.34. The number of amides is 2. The molecule has 28 heavy (non-hydrogen) atoms. The van der Waals surface area contributed by atoms with Gasteiger partial charge in [-0.05, 0) is 19.3 Å². The number of aromatic nitrogens is 2. The van der Waals surface area contributed by atoms with E-state index in [9.17, 15) is 9.59 Å². The molecular formula is C20H24N6O2. The van der Waals surface area contributed by atoms with Crippen molar-refractivity contribution in [3.8, 4) is 6.19 Å². The van der Waals surface area contributed by atoms with Gasteiger partial charge in [0.2, 0.25) is 11.8 Å². The molecule has 4 rings (SSSR count). The summed E-state index contributed by atoms with van der Waals surface area (Å²) in [5, 5.41) is 11.8. The molecule has 1 N–H and O–H groups in total. The molecule has 3 aliphatic rings. The van der Waals surface area contributed by atoms with Crippen molar-refractivity contribution in [2.24, 2.45) is 11.8 Å². The van der Waals surface area contributed by atoms with Crippen LogP contribution >= 0.6 is 0 Å². The van der Waals surface area contributed by atoms with Gasteiger partial charge in [-0.1, -0.05) is 24.3 Å². The van der Waals surface area contributed by atoms with Crippen LogP contribution in [0.1, 0.15) is 25.3 Å². The van der Waals surface area contributed by atoms with Crippen molar-refractivity contribution in [3.63, 3.8) is 0 Å². The van der Waals surface area contributed by atoms with Gasteiger partial charge in [0.15, 0.2) is 12.0 Å². The Morgan fingerprint density at radius 2 is 2.11 bits per heavy atom. The van der Waals surface area contributed by atoms with Crippen molar-refractivity contribution >= 4 is 17.6 Å². The molecule has 2 saturated heterocycles. The van der Waals surface area contributed by atoms with Gasteiger partial charge in [0.1, 0.15) is 0 Å². The predicted molar refractivity (Wildman–Crippen MR) is 103 cm³/mol. The Labute approximate surface area is 164 Å². The number of nitrogens with one attached hydrogen (secondary N) is 1. The fourth-order valence-electron chi connectivity index (χ4n) is 4.08. The first-order chi connectivity index (χ1) is 13.6. The summed E-state index contributed by atoms with van der Waals surface area (Å²) in [5.74, 6) is 0.372. The topological polar surface area (TPSA) is 94.3 Å². The fourth-order valence-corrected chi connectivity index (χ4v) is 4.08. The van der Waals surface area contributed by atoms with Crippen LogP contribution in [0.15, 0.2) is 36.8 Å². The molecular weight excluding hydrogens is 356 g/mol. The molecule has 3 heterocycles. The number of hydrogen-bond donors (Lipinski definition) is 1. The van der Waals surface area contributed by atoms with Gasteiger partial charge in [-0.25, -0.2) is 4.98 Å². The van der Waals surface area contributed by atoms with Crippen molar-refractivity contribution in [2.75, 3.05) is 31.5 Å². The molecule has 3 atom stereocenters. The lowest BCUT2D eigenvalue weighted by atomic mass is 9.99. The minimum Gasteiger partial charge on any atom is -0.340 e. The first kappa shape index (κ1) is 18.3. The molecule has 2 aliphatic heterocycles. The van der Waals surface area contributed by atoms with E-state index < -0.39 is 0 Å². The smallest absolute Gasteiger partial charge is 0.230 e. The molecule has 0 spiro atoms. The summed E-state index contributed by atoms with van der Waals surface area (Å²) in [7, 11) is 0. The Balaban J connectivity index is 1.32. The Morgan fingerprint density at radius 1 is 1.21 bits per heavy atom. The number of nitrogens with zero attached hydrogens (tertiary/aromatic N) is 5. The summed E-state index contributed by atoms with van der Waals surface area (Å²) in [5.41, 5.74) is 0. The van der Waals surface area contributed by atoms with E-state index in [1.54, 1.807) is 11.2 Å². The summed E-state index contributed by atoms with van der Waals surface area (Å²) in [6.07, 6.45) is 15.9. The van der Waals surface area contributed by atoms with E-state index in [-0.39, 0.29) is 29.7 Å². The fraction of sp³-hybridized carbons (Fsp3) is 0.500. The minimum absolute atomic E-state index is 0.0548. The van der Waals surface area contributed by atoms with Crippen LogP contribution in [0.3, 0.4) is 0 Å². The number of hydrogen-bond acceptors (Lipinski definition) is 5. The van der Waals surface area contributed by atoms with Crippen LogP contribution in [0.4, 0.5) is 5.82 Å². The number of carbonyl (C=O) groups excluding carboxylic acids is 2. The molecule has 2 fully saturated rings. The number of anilines is 1. The second-order valence-electron chi connectivity index (χ2n) is 7.61. The third-order valence-corrected chi connectivity index (χ3v) is 5.75. The maximum atomic E-state index is 12.7. The van der Waals surface area contributed by atoms with E-state index in [0.717, 1.165) is 19.4 Å². The maximum absolute atomic E-state index is 12.7. The highest BCUT2D eigenvalue weighted by atomic mass is 16.2. The Hall–Kier alpha value is -3.08. The van der Waals surface area contributed by atoms with Crippen LogP contribution < -0.4 is 5.32 Å². The van der Waals surface area contributed by atoms with E-state index in [2.05, 4.69) is 16.5 Å². The lowest BCUT2D eigenvalue weighted by molar-refractivity contribution is -0.133. The Kier molecular flexibility index (Phi) is 5.15. The molecule has 2 amide bonds. The first-order valence-electron chi connectivity index (χ1n) is 9.75. The predicted octanol–water partition coefficient (Wildman–Crippen LogP) is 1.53. The lowest BCUT2D eigenvalue weighted by Gasteiger charge is -2.22. The first-order valence-corrected chi connectivity index (χ1v) is 9.75. The van der Waals surface area contributed by atoms with Gasteiger partial charge in [0, 0.05) is 32.4 Å². The van der Waals surface area contributed by atoms with Gasteiger partial charge >= 0.3 is 0 Å². The van der Waals surface area contributed by atoms with Crippen molar-refractivity contribution in [3.05, 3.63) is 36.8 Å². The van der Waals surface area contributed by atoms with Gasteiger partial charge < -0.3 is 19.7 Å². The Morgan fingerprint density at radius 3 is 2.86 bits per heavy atom. The molecule has 8 nitrogen and oxygen atoms in total. The zero-order valence-electron chi connectivity index (χ0n) is 15.7. The summed E-state index contributed by atoms with van der Waals surface area (Å²) < 4.78 is 1.98. The molecule has 0 aromatic carbocycles. The SMILES string of the molecule is N#CN1CC[C@H](C(=O)Nc2cn([C@H]3CCN(C(=O)C4C=CC=CC4)C3)cn2)C1. The molecule has 1 aliphatic carbocycles. The third-order valence-electron chi connectivity index (χ3n) is 5.75. The van der Waals surface area contributed by atoms with Gasteiger partial charge in [0.05, 0.1) is 24.2 Å². The third kappa shape index (κ3) is 3.79. The van der Waals surface area contributed by atoms with Crippen LogP contribution in [0.25, 0.3) is 0 Å². The minimum atomic E-state index is -0.179. The average Bonchev–Trinajstić information content (AvgIpc) is 3.47. The van der Waals surface area contributed by atoms with Crippen molar-refractivity contribution in [1.82, 2.24) is 19.4 Å². The van der Waals surface area contributed by atoms with E-state index in [1.165, 1.54) is 0 Å². The van der Waals surface area contributed by atoms with Crippen LogP contribution in [0.2, 0.25) is 0 Å². The van der Waals surface area contributed by atoms with Gasteiger partial charge in [-0.15, -0.1) is 0 Å². The highest BCUT2D eigenvalue weighted by Crippen LogP contribution is 2.26. The molecule has 0 saturated carbocycles. The van der Waals surface area contributed by atoms with Crippen LogP contribution in [0.5, 0.6) is 0 Å². The second kappa shape index (κ2) is 7.89. The van der Waals surface area contributed by atoms with E-state index in [0.29, 0.717) is 31.9 Å². The zero-order chi connectivity index (χ0) is 19.5.